The predicted molar refractivity (Wildman–Crippen MR) is 64.5 cm³/mol. The van der Waals surface area contributed by atoms with E-state index in [1.54, 1.807) is 0 Å². The van der Waals surface area contributed by atoms with Crippen LogP contribution in [0.1, 0.15) is 32.1 Å². The summed E-state index contributed by atoms with van der Waals surface area (Å²) in [4.78, 5) is 11.6. The first-order chi connectivity index (χ1) is 7.29. The molecule has 0 bridgehead atoms. The summed E-state index contributed by atoms with van der Waals surface area (Å²) in [5, 5.41) is 2.94. The van der Waals surface area contributed by atoms with Crippen molar-refractivity contribution in [3.8, 4) is 0 Å². The zero-order chi connectivity index (χ0) is 10.7. The maximum absolute atomic E-state index is 11.6. The van der Waals surface area contributed by atoms with Crippen molar-refractivity contribution in [2.45, 2.75) is 44.3 Å². The van der Waals surface area contributed by atoms with E-state index in [2.05, 4.69) is 5.32 Å². The van der Waals surface area contributed by atoms with E-state index in [4.69, 9.17) is 10.5 Å². The van der Waals surface area contributed by atoms with Crippen molar-refractivity contribution < 1.29 is 9.53 Å². The lowest BCUT2D eigenvalue weighted by molar-refractivity contribution is -0.131. The van der Waals surface area contributed by atoms with Crippen LogP contribution >= 0.6 is 12.4 Å². The number of hydrogen-bond acceptors (Lipinski definition) is 3. The van der Waals surface area contributed by atoms with Crippen LogP contribution in [0, 0.1) is 5.92 Å². The molecule has 94 valence electrons. The third-order valence-corrected chi connectivity index (χ3v) is 3.21. The molecule has 5 heteroatoms. The fourth-order valence-electron chi connectivity index (χ4n) is 1.99. The number of nitrogens with one attached hydrogen (secondary N) is 1. The van der Waals surface area contributed by atoms with Crippen LogP contribution in [0.5, 0.6) is 0 Å². The lowest BCUT2D eigenvalue weighted by Gasteiger charge is -2.12. The first kappa shape index (κ1) is 13.7. The number of hydrogen-bond donors (Lipinski definition) is 2. The average Bonchev–Trinajstić information content (AvgIpc) is 2.94. The maximum atomic E-state index is 11.6. The van der Waals surface area contributed by atoms with Crippen molar-refractivity contribution in [1.82, 2.24) is 5.32 Å². The van der Waals surface area contributed by atoms with Gasteiger partial charge in [-0.2, -0.15) is 0 Å². The number of amides is 1. The van der Waals surface area contributed by atoms with Crippen molar-refractivity contribution in [3.63, 3.8) is 0 Å². The summed E-state index contributed by atoms with van der Waals surface area (Å²) in [6, 6.07) is 0. The minimum atomic E-state index is -0.252. The SMILES string of the molecule is Cl.NC[C@H]1CC[C@@H](C(=O)NCCC2CC2)O1. The van der Waals surface area contributed by atoms with Crippen molar-refractivity contribution >= 4 is 18.3 Å². The van der Waals surface area contributed by atoms with E-state index in [9.17, 15) is 4.79 Å². The first-order valence-corrected chi connectivity index (χ1v) is 5.93. The minimum Gasteiger partial charge on any atom is -0.364 e. The smallest absolute Gasteiger partial charge is 0.249 e. The molecule has 2 fully saturated rings. The molecule has 1 saturated heterocycles. The largest absolute Gasteiger partial charge is 0.364 e. The summed E-state index contributed by atoms with van der Waals surface area (Å²) in [7, 11) is 0. The molecule has 1 saturated carbocycles. The van der Waals surface area contributed by atoms with Gasteiger partial charge in [0.15, 0.2) is 0 Å². The second-order valence-corrected chi connectivity index (χ2v) is 4.58. The molecule has 2 atom stereocenters. The van der Waals surface area contributed by atoms with Gasteiger partial charge in [-0.15, -0.1) is 12.4 Å². The van der Waals surface area contributed by atoms with E-state index in [0.717, 1.165) is 31.7 Å². The fourth-order valence-corrected chi connectivity index (χ4v) is 1.99. The highest BCUT2D eigenvalue weighted by Gasteiger charge is 2.29. The molecule has 1 aliphatic heterocycles. The molecule has 0 aromatic carbocycles. The van der Waals surface area contributed by atoms with Crippen LogP contribution in [0.15, 0.2) is 0 Å². The molecule has 2 rings (SSSR count). The Morgan fingerprint density at radius 1 is 1.31 bits per heavy atom. The molecule has 4 nitrogen and oxygen atoms in total. The van der Waals surface area contributed by atoms with Crippen LogP contribution in [-0.2, 0) is 9.53 Å². The van der Waals surface area contributed by atoms with Crippen molar-refractivity contribution in [2.24, 2.45) is 11.7 Å². The second kappa shape index (κ2) is 6.42. The average molecular weight is 249 g/mol. The molecule has 2 aliphatic rings. The summed E-state index contributed by atoms with van der Waals surface area (Å²) in [5.41, 5.74) is 5.49. The molecule has 16 heavy (non-hydrogen) atoms. The Balaban J connectivity index is 0.00000128. The Kier molecular flexibility index (Phi) is 5.52. The first-order valence-electron chi connectivity index (χ1n) is 5.93. The normalized spacial score (nSPS) is 28.6. The van der Waals surface area contributed by atoms with Gasteiger partial charge in [0.05, 0.1) is 6.10 Å². The van der Waals surface area contributed by atoms with Crippen molar-refractivity contribution in [1.29, 1.82) is 0 Å². The molecule has 0 unspecified atom stereocenters. The van der Waals surface area contributed by atoms with Gasteiger partial charge < -0.3 is 15.8 Å². The van der Waals surface area contributed by atoms with Crippen molar-refractivity contribution in [3.05, 3.63) is 0 Å². The van der Waals surface area contributed by atoms with Crippen molar-refractivity contribution in [2.75, 3.05) is 13.1 Å². The Hall–Kier alpha value is -0.320. The highest BCUT2D eigenvalue weighted by atomic mass is 35.5. The molecular weight excluding hydrogens is 228 g/mol. The Morgan fingerprint density at radius 3 is 2.62 bits per heavy atom. The zero-order valence-electron chi connectivity index (χ0n) is 9.48. The van der Waals surface area contributed by atoms with Gasteiger partial charge >= 0.3 is 0 Å². The number of halogens is 1. The highest BCUT2D eigenvalue weighted by molar-refractivity contribution is 5.85. The highest BCUT2D eigenvalue weighted by Crippen LogP contribution is 2.31. The van der Waals surface area contributed by atoms with Gasteiger partial charge in [-0.3, -0.25) is 4.79 Å². The third-order valence-electron chi connectivity index (χ3n) is 3.21. The van der Waals surface area contributed by atoms with Crippen LogP contribution < -0.4 is 11.1 Å². The summed E-state index contributed by atoms with van der Waals surface area (Å²) in [6.45, 7) is 1.32. The van der Waals surface area contributed by atoms with E-state index >= 15 is 0 Å². The monoisotopic (exact) mass is 248 g/mol. The van der Waals surface area contributed by atoms with Crippen LogP contribution in [0.4, 0.5) is 0 Å². The number of nitrogens with two attached hydrogens (primary N) is 1. The predicted octanol–water partition coefficient (Wildman–Crippen LogP) is 0.831. The summed E-state index contributed by atoms with van der Waals surface area (Å²) < 4.78 is 5.51. The zero-order valence-corrected chi connectivity index (χ0v) is 10.3. The molecule has 0 spiro atoms. The van der Waals surface area contributed by atoms with Gasteiger partial charge in [0.25, 0.3) is 0 Å². The summed E-state index contributed by atoms with van der Waals surface area (Å²) in [5.74, 6) is 0.915. The molecule has 0 aromatic heterocycles. The van der Waals surface area contributed by atoms with Gasteiger partial charge in [-0.1, -0.05) is 12.8 Å². The molecule has 0 aromatic rings. The van der Waals surface area contributed by atoms with E-state index < -0.39 is 0 Å². The quantitative estimate of drug-likeness (QED) is 0.758. The summed E-state index contributed by atoms with van der Waals surface area (Å²) in [6.07, 6.45) is 5.37. The Morgan fingerprint density at radius 2 is 2.06 bits per heavy atom. The van der Waals surface area contributed by atoms with E-state index in [1.807, 2.05) is 0 Å². The Labute approximate surface area is 103 Å². The topological polar surface area (TPSA) is 64.4 Å². The summed E-state index contributed by atoms with van der Waals surface area (Å²) >= 11 is 0. The molecule has 0 radical (unpaired) electrons. The maximum Gasteiger partial charge on any atom is 0.249 e. The number of carbonyl (C=O) groups is 1. The van der Waals surface area contributed by atoms with Gasteiger partial charge in [-0.25, -0.2) is 0 Å². The van der Waals surface area contributed by atoms with Gasteiger partial charge in [-0.05, 0) is 25.2 Å². The van der Waals surface area contributed by atoms with Gasteiger partial charge in [0.2, 0.25) is 5.91 Å². The number of carbonyl (C=O) groups excluding carboxylic acids is 1. The Bertz CT molecular complexity index is 234. The lowest BCUT2D eigenvalue weighted by atomic mass is 10.2. The molecule has 1 aliphatic carbocycles. The van der Waals surface area contributed by atoms with Crippen LogP contribution in [-0.4, -0.2) is 31.2 Å². The van der Waals surface area contributed by atoms with E-state index in [-0.39, 0.29) is 30.5 Å². The van der Waals surface area contributed by atoms with Gasteiger partial charge in [0.1, 0.15) is 6.10 Å². The molecule has 1 heterocycles. The minimum absolute atomic E-state index is 0. The van der Waals surface area contributed by atoms with Gasteiger partial charge in [0, 0.05) is 13.1 Å². The number of rotatable bonds is 5. The standard InChI is InChI=1S/C11H20N2O2.ClH/c12-7-9-3-4-10(15-9)11(14)13-6-5-8-1-2-8;/h8-10H,1-7,12H2,(H,13,14);1H/t9-,10+;/m1./s1. The third kappa shape index (κ3) is 3.92. The van der Waals surface area contributed by atoms with Crippen LogP contribution in [0.25, 0.3) is 0 Å². The van der Waals surface area contributed by atoms with E-state index in [0.29, 0.717) is 6.54 Å². The van der Waals surface area contributed by atoms with Crippen LogP contribution in [0.3, 0.4) is 0 Å². The fraction of sp³-hybridized carbons (Fsp3) is 0.909. The lowest BCUT2D eigenvalue weighted by Crippen LogP contribution is -2.36. The molecule has 1 amide bonds. The van der Waals surface area contributed by atoms with E-state index in [1.165, 1.54) is 12.8 Å². The molecule has 3 N–H and O–H groups in total. The molecular formula is C11H21ClN2O2. The second-order valence-electron chi connectivity index (χ2n) is 4.58. The number of ether oxygens (including phenoxy) is 1. The van der Waals surface area contributed by atoms with Crippen LogP contribution in [0.2, 0.25) is 0 Å².